The van der Waals surface area contributed by atoms with Crippen LogP contribution in [0.2, 0.25) is 0 Å². The lowest BCUT2D eigenvalue weighted by atomic mass is 10.00. The zero-order valence-corrected chi connectivity index (χ0v) is 7.17. The second kappa shape index (κ2) is 2.79. The summed E-state index contributed by atoms with van der Waals surface area (Å²) in [4.78, 5) is 0. The third-order valence-corrected chi connectivity index (χ3v) is 2.25. The Balaban J connectivity index is 2.37. The minimum Gasteiger partial charge on any atom is -0.391 e. The molecule has 0 spiro atoms. The van der Waals surface area contributed by atoms with Gasteiger partial charge in [0.15, 0.2) is 0 Å². The van der Waals surface area contributed by atoms with Crippen LogP contribution in [0.3, 0.4) is 0 Å². The van der Waals surface area contributed by atoms with Gasteiger partial charge in [0.05, 0.1) is 6.10 Å². The first kappa shape index (κ1) is 7.62. The van der Waals surface area contributed by atoms with Gasteiger partial charge in [-0.2, -0.15) is 0 Å². The molecule has 1 atom stereocenters. The van der Waals surface area contributed by atoms with Crippen molar-refractivity contribution in [3.8, 4) is 0 Å². The second-order valence-electron chi connectivity index (χ2n) is 3.40. The van der Waals surface area contributed by atoms with E-state index >= 15 is 0 Å². The van der Waals surface area contributed by atoms with Gasteiger partial charge in [-0.3, -0.25) is 0 Å². The normalized spacial score (nSPS) is 21.3. The lowest BCUT2D eigenvalue weighted by Crippen LogP contribution is -2.27. The molecule has 1 aliphatic heterocycles. The molecule has 2 nitrogen and oxygen atoms in total. The molecule has 0 fully saturated rings. The van der Waals surface area contributed by atoms with Crippen molar-refractivity contribution in [1.29, 1.82) is 0 Å². The topological polar surface area (TPSA) is 32.3 Å². The van der Waals surface area contributed by atoms with Crippen LogP contribution >= 0.6 is 0 Å². The maximum absolute atomic E-state index is 9.36. The molecule has 1 aromatic rings. The molecule has 1 unspecified atom stereocenters. The van der Waals surface area contributed by atoms with Crippen molar-refractivity contribution < 1.29 is 5.11 Å². The molecule has 64 valence electrons. The zero-order chi connectivity index (χ0) is 8.55. The van der Waals surface area contributed by atoms with Gasteiger partial charge in [-0.1, -0.05) is 12.1 Å². The highest BCUT2D eigenvalue weighted by atomic mass is 16.3. The predicted octanol–water partition coefficient (Wildman–Crippen LogP) is 1.32. The molecule has 0 amide bonds. The summed E-state index contributed by atoms with van der Waals surface area (Å²) in [6, 6.07) is 6.29. The molecular formula is C10H13NO. The van der Waals surface area contributed by atoms with E-state index in [1.807, 2.05) is 0 Å². The van der Waals surface area contributed by atoms with Gasteiger partial charge in [-0.05, 0) is 24.1 Å². The molecule has 2 rings (SSSR count). The van der Waals surface area contributed by atoms with Crippen LogP contribution in [0.4, 0.5) is 5.69 Å². The molecule has 2 heteroatoms. The van der Waals surface area contributed by atoms with Crippen molar-refractivity contribution in [2.24, 2.45) is 0 Å². The summed E-state index contributed by atoms with van der Waals surface area (Å²) in [5.74, 6) is 0. The Morgan fingerprint density at radius 1 is 1.50 bits per heavy atom. The maximum Gasteiger partial charge on any atom is 0.0753 e. The minimum atomic E-state index is -0.222. The third-order valence-electron chi connectivity index (χ3n) is 2.25. The number of aryl methyl sites for hydroxylation is 1. The maximum atomic E-state index is 9.36. The van der Waals surface area contributed by atoms with Crippen LogP contribution in [-0.2, 0) is 6.42 Å². The van der Waals surface area contributed by atoms with E-state index < -0.39 is 0 Å². The third kappa shape index (κ3) is 1.30. The lowest BCUT2D eigenvalue weighted by molar-refractivity contribution is 0.184. The lowest BCUT2D eigenvalue weighted by Gasteiger charge is -2.22. The first-order valence-corrected chi connectivity index (χ1v) is 4.27. The standard InChI is InChI=1S/C10H13NO/c1-7-2-3-8-5-9(12)6-11-10(8)4-7/h2-4,9,11-12H,5-6H2,1H3. The van der Waals surface area contributed by atoms with Gasteiger partial charge in [0.1, 0.15) is 0 Å². The van der Waals surface area contributed by atoms with Crippen LogP contribution in [0.5, 0.6) is 0 Å². The van der Waals surface area contributed by atoms with E-state index in [4.69, 9.17) is 0 Å². The molecule has 0 saturated heterocycles. The van der Waals surface area contributed by atoms with Crippen molar-refractivity contribution in [3.05, 3.63) is 29.3 Å². The van der Waals surface area contributed by atoms with Crippen molar-refractivity contribution in [1.82, 2.24) is 0 Å². The molecule has 1 aromatic carbocycles. The summed E-state index contributed by atoms with van der Waals surface area (Å²) >= 11 is 0. The van der Waals surface area contributed by atoms with Crippen LogP contribution in [-0.4, -0.2) is 17.8 Å². The summed E-state index contributed by atoms with van der Waals surface area (Å²) in [6.07, 6.45) is 0.558. The molecule has 1 heterocycles. The van der Waals surface area contributed by atoms with Gasteiger partial charge in [0.2, 0.25) is 0 Å². The predicted molar refractivity (Wildman–Crippen MR) is 49.4 cm³/mol. The van der Waals surface area contributed by atoms with E-state index in [9.17, 15) is 5.11 Å². The molecule has 0 aromatic heterocycles. The summed E-state index contributed by atoms with van der Waals surface area (Å²) in [7, 11) is 0. The molecule has 0 aliphatic carbocycles. The fourth-order valence-electron chi connectivity index (χ4n) is 1.59. The Bertz CT molecular complexity index is 296. The van der Waals surface area contributed by atoms with Crippen LogP contribution < -0.4 is 5.32 Å². The molecule has 12 heavy (non-hydrogen) atoms. The van der Waals surface area contributed by atoms with Crippen LogP contribution in [0, 0.1) is 6.92 Å². The van der Waals surface area contributed by atoms with Gasteiger partial charge >= 0.3 is 0 Å². The SMILES string of the molecule is Cc1ccc2c(c1)NCC(O)C2. The average molecular weight is 163 g/mol. The van der Waals surface area contributed by atoms with E-state index in [2.05, 4.69) is 30.4 Å². The molecule has 1 aliphatic rings. The number of fused-ring (bicyclic) bond motifs is 1. The summed E-state index contributed by atoms with van der Waals surface area (Å²) < 4.78 is 0. The van der Waals surface area contributed by atoms with Gasteiger partial charge < -0.3 is 10.4 Å². The number of hydrogen-bond acceptors (Lipinski definition) is 2. The smallest absolute Gasteiger partial charge is 0.0753 e. The number of rotatable bonds is 0. The zero-order valence-electron chi connectivity index (χ0n) is 7.17. The number of aliphatic hydroxyl groups is 1. The van der Waals surface area contributed by atoms with E-state index in [0.29, 0.717) is 6.54 Å². The fourth-order valence-corrected chi connectivity index (χ4v) is 1.59. The van der Waals surface area contributed by atoms with Crippen LogP contribution in [0.25, 0.3) is 0 Å². The Kier molecular flexibility index (Phi) is 1.77. The first-order valence-electron chi connectivity index (χ1n) is 4.27. The second-order valence-corrected chi connectivity index (χ2v) is 3.40. The summed E-state index contributed by atoms with van der Waals surface area (Å²) in [5, 5.41) is 12.6. The first-order chi connectivity index (χ1) is 5.75. The summed E-state index contributed by atoms with van der Waals surface area (Å²) in [5.41, 5.74) is 3.66. The Morgan fingerprint density at radius 3 is 3.17 bits per heavy atom. The molecule has 2 N–H and O–H groups in total. The van der Waals surface area contributed by atoms with Crippen LogP contribution in [0.15, 0.2) is 18.2 Å². The van der Waals surface area contributed by atoms with E-state index in [0.717, 1.165) is 6.42 Å². The highest BCUT2D eigenvalue weighted by molar-refractivity contribution is 5.55. The van der Waals surface area contributed by atoms with E-state index in [1.54, 1.807) is 0 Å². The van der Waals surface area contributed by atoms with Crippen LogP contribution in [0.1, 0.15) is 11.1 Å². The molecule has 0 bridgehead atoms. The minimum absolute atomic E-state index is 0.222. The molecule has 0 radical (unpaired) electrons. The average Bonchev–Trinajstić information content (AvgIpc) is 2.05. The summed E-state index contributed by atoms with van der Waals surface area (Å²) in [6.45, 7) is 2.75. The number of hydrogen-bond donors (Lipinski definition) is 2. The Hall–Kier alpha value is -1.02. The van der Waals surface area contributed by atoms with Gasteiger partial charge in [-0.15, -0.1) is 0 Å². The van der Waals surface area contributed by atoms with E-state index in [1.165, 1.54) is 16.8 Å². The monoisotopic (exact) mass is 163 g/mol. The highest BCUT2D eigenvalue weighted by Gasteiger charge is 2.14. The Labute approximate surface area is 72.2 Å². The number of anilines is 1. The number of nitrogens with one attached hydrogen (secondary N) is 1. The van der Waals surface area contributed by atoms with Crippen molar-refractivity contribution in [2.45, 2.75) is 19.4 Å². The van der Waals surface area contributed by atoms with Gasteiger partial charge in [0, 0.05) is 18.7 Å². The Morgan fingerprint density at radius 2 is 2.33 bits per heavy atom. The van der Waals surface area contributed by atoms with Crippen molar-refractivity contribution in [2.75, 3.05) is 11.9 Å². The van der Waals surface area contributed by atoms with Gasteiger partial charge in [-0.25, -0.2) is 0 Å². The number of aliphatic hydroxyl groups excluding tert-OH is 1. The quantitative estimate of drug-likeness (QED) is 0.604. The number of β-amino-alcohol motifs (C(OH)–C–C–N with tert-alkyl or cyclic N) is 1. The largest absolute Gasteiger partial charge is 0.391 e. The van der Waals surface area contributed by atoms with E-state index in [-0.39, 0.29) is 6.10 Å². The molecular weight excluding hydrogens is 150 g/mol. The van der Waals surface area contributed by atoms with Crippen molar-refractivity contribution in [3.63, 3.8) is 0 Å². The molecule has 0 saturated carbocycles. The number of benzene rings is 1. The fraction of sp³-hybridized carbons (Fsp3) is 0.400. The van der Waals surface area contributed by atoms with Gasteiger partial charge in [0.25, 0.3) is 0 Å². The van der Waals surface area contributed by atoms with Crippen molar-refractivity contribution >= 4 is 5.69 Å². The highest BCUT2D eigenvalue weighted by Crippen LogP contribution is 2.22.